The molecule has 1 heterocycles. The highest BCUT2D eigenvalue weighted by Crippen LogP contribution is 2.39. The zero-order chi connectivity index (χ0) is 17.4. The minimum Gasteiger partial charge on any atom is -0.367 e. The van der Waals surface area contributed by atoms with Crippen molar-refractivity contribution < 1.29 is 0 Å². The standard InChI is InChI=1S/C23H29N/c1-5-13-21-20(7-3)22(14-6-2)24(4)23(21)18-12-17-19-15-10-8-9-11-16-19/h5-12,14-16,18-19,21,23H,1-2,13,17H2,3-4H3/b18-12-,20-7-,22-14+/t21?,23-/m0/s1. The molecule has 0 amide bonds. The van der Waals surface area contributed by atoms with Gasteiger partial charge in [-0.05, 0) is 37.3 Å². The second-order valence-electron chi connectivity index (χ2n) is 6.25. The van der Waals surface area contributed by atoms with Crippen LogP contribution in [-0.4, -0.2) is 18.0 Å². The van der Waals surface area contributed by atoms with Crippen LogP contribution in [0, 0.1) is 11.8 Å². The smallest absolute Gasteiger partial charge is 0.0542 e. The van der Waals surface area contributed by atoms with Gasteiger partial charge in [-0.2, -0.15) is 0 Å². The molecule has 1 aliphatic heterocycles. The fourth-order valence-corrected chi connectivity index (χ4v) is 3.54. The third kappa shape index (κ3) is 4.17. The Bertz CT molecular complexity index is 608. The van der Waals surface area contributed by atoms with Crippen LogP contribution >= 0.6 is 0 Å². The first kappa shape index (κ1) is 18.1. The predicted molar refractivity (Wildman–Crippen MR) is 107 cm³/mol. The minimum atomic E-state index is 0.372. The zero-order valence-electron chi connectivity index (χ0n) is 14.9. The van der Waals surface area contributed by atoms with Crippen molar-refractivity contribution in [3.8, 4) is 0 Å². The second-order valence-corrected chi connectivity index (χ2v) is 6.25. The molecule has 0 radical (unpaired) electrons. The van der Waals surface area contributed by atoms with Crippen LogP contribution < -0.4 is 0 Å². The first-order chi connectivity index (χ1) is 11.7. The molecule has 1 fully saturated rings. The quantitative estimate of drug-likeness (QED) is 0.563. The summed E-state index contributed by atoms with van der Waals surface area (Å²) in [6.07, 6.45) is 27.9. The Kier molecular flexibility index (Phi) is 6.87. The van der Waals surface area contributed by atoms with E-state index >= 15 is 0 Å². The topological polar surface area (TPSA) is 3.24 Å². The van der Waals surface area contributed by atoms with Crippen LogP contribution in [0.1, 0.15) is 19.8 Å². The lowest BCUT2D eigenvalue weighted by atomic mass is 9.90. The second kappa shape index (κ2) is 9.12. The van der Waals surface area contributed by atoms with Gasteiger partial charge in [-0.1, -0.05) is 73.4 Å². The van der Waals surface area contributed by atoms with E-state index in [1.54, 1.807) is 0 Å². The fourth-order valence-electron chi connectivity index (χ4n) is 3.54. The van der Waals surface area contributed by atoms with E-state index in [0.717, 1.165) is 12.8 Å². The third-order valence-corrected chi connectivity index (χ3v) is 4.73. The number of allylic oxidation sites excluding steroid dienone is 12. The molecule has 1 heteroatoms. The number of likely N-dealkylation sites (N-methyl/N-ethyl adjacent to an activating group) is 1. The molecule has 24 heavy (non-hydrogen) atoms. The van der Waals surface area contributed by atoms with Gasteiger partial charge in [-0.15, -0.1) is 6.58 Å². The molecule has 2 aliphatic rings. The number of hydrogen-bond acceptors (Lipinski definition) is 1. The van der Waals surface area contributed by atoms with Gasteiger partial charge in [0.2, 0.25) is 0 Å². The van der Waals surface area contributed by atoms with E-state index in [1.807, 2.05) is 12.2 Å². The fraction of sp³-hybridized carbons (Fsp3) is 0.304. The highest BCUT2D eigenvalue weighted by molar-refractivity contribution is 5.42. The van der Waals surface area contributed by atoms with Crippen LogP contribution in [0.2, 0.25) is 0 Å². The zero-order valence-corrected chi connectivity index (χ0v) is 14.9. The number of rotatable bonds is 6. The lowest BCUT2D eigenvalue weighted by Crippen LogP contribution is -2.26. The normalized spacial score (nSPS) is 27.5. The van der Waals surface area contributed by atoms with E-state index in [9.17, 15) is 0 Å². The minimum absolute atomic E-state index is 0.372. The van der Waals surface area contributed by atoms with Gasteiger partial charge in [0.05, 0.1) is 6.04 Å². The molecular formula is C23H29N. The van der Waals surface area contributed by atoms with E-state index < -0.39 is 0 Å². The van der Waals surface area contributed by atoms with Crippen LogP contribution in [0.5, 0.6) is 0 Å². The maximum atomic E-state index is 3.95. The van der Waals surface area contributed by atoms with Gasteiger partial charge in [0.25, 0.3) is 0 Å². The van der Waals surface area contributed by atoms with E-state index in [-0.39, 0.29) is 0 Å². The monoisotopic (exact) mass is 319 g/mol. The van der Waals surface area contributed by atoms with Gasteiger partial charge >= 0.3 is 0 Å². The molecule has 1 unspecified atom stereocenters. The highest BCUT2D eigenvalue weighted by Gasteiger charge is 2.35. The van der Waals surface area contributed by atoms with Crippen molar-refractivity contribution in [2.75, 3.05) is 7.05 Å². The molecule has 0 N–H and O–H groups in total. The molecule has 2 atom stereocenters. The summed E-state index contributed by atoms with van der Waals surface area (Å²) in [5, 5.41) is 0. The summed E-state index contributed by atoms with van der Waals surface area (Å²) < 4.78 is 0. The van der Waals surface area contributed by atoms with Gasteiger partial charge < -0.3 is 4.90 Å². The molecule has 0 aromatic heterocycles. The molecule has 0 bridgehead atoms. The maximum Gasteiger partial charge on any atom is 0.0542 e. The number of nitrogens with zero attached hydrogens (tertiary/aromatic N) is 1. The van der Waals surface area contributed by atoms with Crippen molar-refractivity contribution in [3.63, 3.8) is 0 Å². The lowest BCUT2D eigenvalue weighted by Gasteiger charge is -2.22. The van der Waals surface area contributed by atoms with Crippen molar-refractivity contribution >= 4 is 0 Å². The molecule has 0 aromatic rings. The number of hydrogen-bond donors (Lipinski definition) is 0. The average molecular weight is 319 g/mol. The Morgan fingerprint density at radius 3 is 2.38 bits per heavy atom. The van der Waals surface area contributed by atoms with Crippen LogP contribution in [0.25, 0.3) is 0 Å². The van der Waals surface area contributed by atoms with Gasteiger partial charge in [0.1, 0.15) is 0 Å². The predicted octanol–water partition coefficient (Wildman–Crippen LogP) is 5.75. The lowest BCUT2D eigenvalue weighted by molar-refractivity contribution is 0.355. The summed E-state index contributed by atoms with van der Waals surface area (Å²) in [6, 6.07) is 0.372. The summed E-state index contributed by atoms with van der Waals surface area (Å²) in [4.78, 5) is 2.36. The largest absolute Gasteiger partial charge is 0.367 e. The summed E-state index contributed by atoms with van der Waals surface area (Å²) in [5.41, 5.74) is 2.66. The molecule has 0 spiro atoms. The molecular weight excluding hydrogens is 290 g/mol. The summed E-state index contributed by atoms with van der Waals surface area (Å²) in [5.74, 6) is 0.937. The van der Waals surface area contributed by atoms with Gasteiger partial charge in [-0.25, -0.2) is 0 Å². The van der Waals surface area contributed by atoms with Gasteiger partial charge in [0, 0.05) is 18.7 Å². The van der Waals surface area contributed by atoms with Crippen molar-refractivity contribution in [2.45, 2.75) is 25.8 Å². The Balaban J connectivity index is 2.16. The first-order valence-electron chi connectivity index (χ1n) is 8.74. The maximum absolute atomic E-state index is 3.95. The third-order valence-electron chi connectivity index (χ3n) is 4.73. The first-order valence-corrected chi connectivity index (χ1v) is 8.74. The summed E-state index contributed by atoms with van der Waals surface area (Å²) >= 11 is 0. The molecule has 1 nitrogen and oxygen atoms in total. The molecule has 126 valence electrons. The van der Waals surface area contributed by atoms with E-state index in [1.165, 1.54) is 11.3 Å². The van der Waals surface area contributed by atoms with Crippen LogP contribution in [-0.2, 0) is 0 Å². The van der Waals surface area contributed by atoms with Crippen LogP contribution in [0.15, 0.2) is 97.3 Å². The Hall–Kier alpha value is -2.28. The summed E-state index contributed by atoms with van der Waals surface area (Å²) in [6.45, 7) is 9.94. The van der Waals surface area contributed by atoms with E-state index in [4.69, 9.17) is 0 Å². The van der Waals surface area contributed by atoms with Crippen molar-refractivity contribution in [2.24, 2.45) is 11.8 Å². The van der Waals surface area contributed by atoms with E-state index in [0.29, 0.717) is 17.9 Å². The van der Waals surface area contributed by atoms with Crippen molar-refractivity contribution in [1.82, 2.24) is 4.90 Å². The SMILES string of the molecule is C=C/C=C1\C(=C/C)C(CC=C)[C@H](/C=C\CC2C=CC=CC=C2)N1C. The molecule has 0 aromatic carbocycles. The van der Waals surface area contributed by atoms with Crippen molar-refractivity contribution in [3.05, 3.63) is 97.3 Å². The van der Waals surface area contributed by atoms with Gasteiger partial charge in [-0.3, -0.25) is 0 Å². The number of likely N-dealkylation sites (tertiary alicyclic amines) is 1. The van der Waals surface area contributed by atoms with Gasteiger partial charge in [0.15, 0.2) is 0 Å². The molecule has 2 rings (SSSR count). The van der Waals surface area contributed by atoms with Crippen molar-refractivity contribution in [1.29, 1.82) is 0 Å². The molecule has 0 saturated carbocycles. The highest BCUT2D eigenvalue weighted by atomic mass is 15.2. The Morgan fingerprint density at radius 1 is 1.08 bits per heavy atom. The molecule has 1 saturated heterocycles. The van der Waals surface area contributed by atoms with Crippen LogP contribution in [0.3, 0.4) is 0 Å². The summed E-state index contributed by atoms with van der Waals surface area (Å²) in [7, 11) is 2.17. The Morgan fingerprint density at radius 2 is 1.79 bits per heavy atom. The van der Waals surface area contributed by atoms with E-state index in [2.05, 4.69) is 92.8 Å². The average Bonchev–Trinajstić information content (AvgIpc) is 2.77. The Labute approximate surface area is 147 Å². The van der Waals surface area contributed by atoms with Crippen LogP contribution in [0.4, 0.5) is 0 Å². The molecule has 1 aliphatic carbocycles.